The number of amides is 1. The molecule has 4 aromatic rings. The largest absolute Gasteiger partial charge is 0.378 e. The molecule has 3 aromatic heterocycles. The maximum absolute atomic E-state index is 15.0. The molecule has 0 bridgehead atoms. The number of anilines is 2. The number of hydrogen-bond acceptors (Lipinski definition) is 6. The smallest absolute Gasteiger partial charge is 0.258 e. The molecule has 1 fully saturated rings. The Balaban J connectivity index is 1.56. The SMILES string of the molecule is CCc1nc2cc(-c3cc(C(=O)Nc4cn(C(C)(C)C)nc4F)c(F)cc3C)cc(N3CCOCC3)n2n1. The second kappa shape index (κ2) is 9.79. The highest BCUT2D eigenvalue weighted by atomic mass is 19.1. The molecule has 0 saturated carbocycles. The number of rotatable bonds is 5. The Morgan fingerprint density at radius 3 is 2.50 bits per heavy atom. The molecule has 1 amide bonds. The van der Waals surface area contributed by atoms with Crippen LogP contribution in [0.2, 0.25) is 0 Å². The summed E-state index contributed by atoms with van der Waals surface area (Å²) in [7, 11) is 0. The molecule has 1 aromatic carbocycles. The Hall–Kier alpha value is -3.86. The van der Waals surface area contributed by atoms with Gasteiger partial charge in [0.1, 0.15) is 17.3 Å². The summed E-state index contributed by atoms with van der Waals surface area (Å²) in [5.41, 5.74) is 1.95. The van der Waals surface area contributed by atoms with Crippen molar-refractivity contribution in [3.63, 3.8) is 0 Å². The number of pyridine rings is 1. The summed E-state index contributed by atoms with van der Waals surface area (Å²) < 4.78 is 38.3. The lowest BCUT2D eigenvalue weighted by molar-refractivity contribution is 0.102. The minimum atomic E-state index is -0.833. The molecule has 5 rings (SSSR count). The van der Waals surface area contributed by atoms with Crippen molar-refractivity contribution in [2.45, 2.75) is 46.6 Å². The number of fused-ring (bicyclic) bond motifs is 1. The van der Waals surface area contributed by atoms with E-state index in [1.165, 1.54) is 23.0 Å². The number of halogens is 2. The van der Waals surface area contributed by atoms with E-state index in [-0.39, 0.29) is 11.3 Å². The predicted octanol–water partition coefficient (Wildman–Crippen LogP) is 4.59. The average molecular weight is 524 g/mol. The van der Waals surface area contributed by atoms with Gasteiger partial charge in [0, 0.05) is 19.5 Å². The van der Waals surface area contributed by atoms with Gasteiger partial charge in [-0.2, -0.15) is 8.91 Å². The van der Waals surface area contributed by atoms with E-state index in [1.54, 1.807) is 6.92 Å². The summed E-state index contributed by atoms with van der Waals surface area (Å²) >= 11 is 0. The van der Waals surface area contributed by atoms with Crippen LogP contribution in [0, 0.1) is 18.7 Å². The zero-order valence-corrected chi connectivity index (χ0v) is 22.2. The Morgan fingerprint density at radius 2 is 1.84 bits per heavy atom. The highest BCUT2D eigenvalue weighted by Crippen LogP contribution is 2.32. The summed E-state index contributed by atoms with van der Waals surface area (Å²) in [4.78, 5) is 19.9. The van der Waals surface area contributed by atoms with Crippen LogP contribution >= 0.6 is 0 Å². The Morgan fingerprint density at radius 1 is 1.11 bits per heavy atom. The van der Waals surface area contributed by atoms with Crippen molar-refractivity contribution in [2.24, 2.45) is 0 Å². The zero-order chi connectivity index (χ0) is 27.2. The zero-order valence-electron chi connectivity index (χ0n) is 22.2. The fourth-order valence-electron chi connectivity index (χ4n) is 4.46. The average Bonchev–Trinajstić information content (AvgIpc) is 3.47. The van der Waals surface area contributed by atoms with E-state index in [1.807, 2.05) is 44.3 Å². The number of nitrogens with zero attached hydrogens (tertiary/aromatic N) is 6. The molecule has 0 aliphatic carbocycles. The van der Waals surface area contributed by atoms with Crippen LogP contribution in [-0.4, -0.2) is 56.6 Å². The van der Waals surface area contributed by atoms with Crippen LogP contribution in [0.3, 0.4) is 0 Å². The van der Waals surface area contributed by atoms with Gasteiger partial charge >= 0.3 is 0 Å². The number of morpholine rings is 1. The molecule has 0 spiro atoms. The topological polar surface area (TPSA) is 89.6 Å². The maximum atomic E-state index is 15.0. The lowest BCUT2D eigenvalue weighted by atomic mass is 9.97. The first-order valence-electron chi connectivity index (χ1n) is 12.6. The molecular formula is C27H31F2N7O2. The molecule has 200 valence electrons. The van der Waals surface area contributed by atoms with Crippen molar-refractivity contribution in [1.29, 1.82) is 0 Å². The van der Waals surface area contributed by atoms with E-state index in [2.05, 4.69) is 25.4 Å². The molecule has 11 heteroatoms. The van der Waals surface area contributed by atoms with E-state index in [9.17, 15) is 9.18 Å². The van der Waals surface area contributed by atoms with Gasteiger partial charge in [0.25, 0.3) is 11.9 Å². The summed E-state index contributed by atoms with van der Waals surface area (Å²) in [5, 5.41) is 11.0. The van der Waals surface area contributed by atoms with Crippen LogP contribution in [0.25, 0.3) is 16.8 Å². The third-order valence-electron chi connectivity index (χ3n) is 6.59. The summed E-state index contributed by atoms with van der Waals surface area (Å²) in [6, 6.07) is 6.67. The van der Waals surface area contributed by atoms with Gasteiger partial charge in [0.05, 0.1) is 30.5 Å². The number of nitrogens with one attached hydrogen (secondary N) is 1. The summed E-state index contributed by atoms with van der Waals surface area (Å²) in [6.45, 7) is 12.0. The lowest BCUT2D eigenvalue weighted by Gasteiger charge is -2.29. The minimum absolute atomic E-state index is 0.113. The van der Waals surface area contributed by atoms with Crippen LogP contribution in [0.4, 0.5) is 20.3 Å². The van der Waals surface area contributed by atoms with E-state index in [0.29, 0.717) is 55.3 Å². The first-order valence-corrected chi connectivity index (χ1v) is 12.6. The van der Waals surface area contributed by atoms with Gasteiger partial charge in [-0.3, -0.25) is 9.48 Å². The van der Waals surface area contributed by atoms with Crippen LogP contribution in [-0.2, 0) is 16.7 Å². The van der Waals surface area contributed by atoms with Crippen molar-refractivity contribution in [2.75, 3.05) is 36.5 Å². The molecule has 4 heterocycles. The van der Waals surface area contributed by atoms with E-state index in [0.717, 1.165) is 11.4 Å². The quantitative estimate of drug-likeness (QED) is 0.412. The Labute approximate surface area is 219 Å². The van der Waals surface area contributed by atoms with Crippen LogP contribution in [0.5, 0.6) is 0 Å². The lowest BCUT2D eigenvalue weighted by Crippen LogP contribution is -2.37. The number of benzene rings is 1. The van der Waals surface area contributed by atoms with Crippen molar-refractivity contribution < 1.29 is 18.3 Å². The second-order valence-corrected chi connectivity index (χ2v) is 10.4. The number of ether oxygens (including phenoxy) is 1. The number of carbonyl (C=O) groups is 1. The van der Waals surface area contributed by atoms with Gasteiger partial charge in [0.15, 0.2) is 11.5 Å². The summed E-state index contributed by atoms with van der Waals surface area (Å²) in [5.74, 6) is -0.733. The van der Waals surface area contributed by atoms with Gasteiger partial charge in [-0.25, -0.2) is 9.37 Å². The van der Waals surface area contributed by atoms with Crippen LogP contribution < -0.4 is 10.2 Å². The number of hydrogen-bond donors (Lipinski definition) is 1. The fourth-order valence-corrected chi connectivity index (χ4v) is 4.46. The van der Waals surface area contributed by atoms with E-state index in [4.69, 9.17) is 4.74 Å². The molecule has 38 heavy (non-hydrogen) atoms. The van der Waals surface area contributed by atoms with Crippen molar-refractivity contribution in [3.05, 3.63) is 59.2 Å². The van der Waals surface area contributed by atoms with Gasteiger partial charge in [-0.05, 0) is 68.7 Å². The first kappa shape index (κ1) is 25.8. The monoisotopic (exact) mass is 523 g/mol. The highest BCUT2D eigenvalue weighted by molar-refractivity contribution is 6.05. The van der Waals surface area contributed by atoms with Gasteiger partial charge in [-0.1, -0.05) is 6.92 Å². The summed E-state index contributed by atoms with van der Waals surface area (Å²) in [6.07, 6.45) is 2.08. The van der Waals surface area contributed by atoms with E-state index < -0.39 is 23.2 Å². The minimum Gasteiger partial charge on any atom is -0.378 e. The van der Waals surface area contributed by atoms with Crippen molar-refractivity contribution in [1.82, 2.24) is 24.4 Å². The third-order valence-corrected chi connectivity index (χ3v) is 6.59. The number of aromatic nitrogens is 5. The second-order valence-electron chi connectivity index (χ2n) is 10.4. The first-order chi connectivity index (χ1) is 18.0. The predicted molar refractivity (Wildman–Crippen MR) is 141 cm³/mol. The normalized spacial score (nSPS) is 14.3. The molecule has 1 aliphatic rings. The highest BCUT2D eigenvalue weighted by Gasteiger charge is 2.23. The molecule has 0 radical (unpaired) electrons. The molecule has 0 atom stereocenters. The molecule has 1 saturated heterocycles. The van der Waals surface area contributed by atoms with Crippen molar-refractivity contribution in [3.8, 4) is 11.1 Å². The van der Waals surface area contributed by atoms with E-state index >= 15 is 4.39 Å². The third kappa shape index (κ3) is 4.85. The number of aryl methyl sites for hydroxylation is 2. The molecule has 1 aliphatic heterocycles. The Kier molecular flexibility index (Phi) is 6.64. The fraction of sp³-hybridized carbons (Fsp3) is 0.407. The van der Waals surface area contributed by atoms with Crippen LogP contribution in [0.15, 0.2) is 30.5 Å². The molecule has 0 unspecified atom stereocenters. The van der Waals surface area contributed by atoms with Gasteiger partial charge in [0.2, 0.25) is 0 Å². The standard InChI is InChI=1S/C27H31F2N7O2/c1-6-22-31-23-12-17(13-24(36(23)32-22)34-7-9-38-10-8-34)18-14-19(20(28)11-16(18)2)26(37)30-21-15-35(27(3,4)5)33-25(21)29/h11-15H,6-10H2,1-5H3,(H,30,37). The molecule has 1 N–H and O–H groups in total. The maximum Gasteiger partial charge on any atom is 0.258 e. The van der Waals surface area contributed by atoms with Crippen LogP contribution in [0.1, 0.15) is 49.4 Å². The number of carbonyl (C=O) groups excluding carboxylic acids is 1. The van der Waals surface area contributed by atoms with Crippen molar-refractivity contribution >= 4 is 23.1 Å². The van der Waals surface area contributed by atoms with Gasteiger partial charge in [-0.15, -0.1) is 10.2 Å². The molecule has 9 nitrogen and oxygen atoms in total. The Bertz CT molecular complexity index is 1510. The molecular weight excluding hydrogens is 492 g/mol. The van der Waals surface area contributed by atoms with Gasteiger partial charge < -0.3 is 15.0 Å².